The highest BCUT2D eigenvalue weighted by molar-refractivity contribution is 6.09. The minimum Gasteiger partial charge on any atom is -0.485 e. The van der Waals surface area contributed by atoms with Gasteiger partial charge in [-0.2, -0.15) is 10.2 Å². The van der Waals surface area contributed by atoms with Gasteiger partial charge in [0, 0.05) is 67.2 Å². The van der Waals surface area contributed by atoms with Crippen molar-refractivity contribution in [1.82, 2.24) is 39.5 Å². The van der Waals surface area contributed by atoms with Crippen LogP contribution in [0.15, 0.2) is 55.1 Å². The van der Waals surface area contributed by atoms with E-state index in [0.29, 0.717) is 42.5 Å². The highest BCUT2D eigenvalue weighted by Gasteiger charge is 2.47. The maximum absolute atomic E-state index is 16.0. The van der Waals surface area contributed by atoms with Gasteiger partial charge in [-0.3, -0.25) is 34.1 Å². The Labute approximate surface area is 321 Å². The molecule has 57 heavy (non-hydrogen) atoms. The minimum absolute atomic E-state index is 0.0271. The number of carbonyl (C=O) groups is 4. The molecule has 4 aliphatic rings. The third-order valence-corrected chi connectivity index (χ3v) is 11.1. The monoisotopic (exact) mass is 788 g/mol. The van der Waals surface area contributed by atoms with Crippen molar-refractivity contribution in [3.63, 3.8) is 0 Å². The molecule has 4 amide bonds. The van der Waals surface area contributed by atoms with E-state index in [1.165, 1.54) is 40.0 Å². The predicted octanol–water partition coefficient (Wildman–Crippen LogP) is 3.74. The number of rotatable bonds is 10. The summed E-state index contributed by atoms with van der Waals surface area (Å²) in [6, 6.07) is 6.90. The number of benzene rings is 2. The van der Waals surface area contributed by atoms with Crippen molar-refractivity contribution in [3.05, 3.63) is 77.6 Å². The summed E-state index contributed by atoms with van der Waals surface area (Å²) in [5.74, 6) is -2.59. The van der Waals surface area contributed by atoms with E-state index >= 15 is 8.78 Å². The van der Waals surface area contributed by atoms with Crippen LogP contribution in [0.2, 0.25) is 0 Å². The van der Waals surface area contributed by atoms with E-state index in [9.17, 15) is 28.0 Å². The Morgan fingerprint density at radius 2 is 1.91 bits per heavy atom. The lowest BCUT2D eigenvalue weighted by Gasteiger charge is -2.48. The Morgan fingerprint density at radius 3 is 2.68 bits per heavy atom. The van der Waals surface area contributed by atoms with Gasteiger partial charge in [-0.15, -0.1) is 0 Å². The van der Waals surface area contributed by atoms with E-state index in [1.807, 2.05) is 11.1 Å². The molecule has 9 rings (SSSR count). The van der Waals surface area contributed by atoms with Crippen LogP contribution in [0.4, 0.5) is 28.9 Å². The third-order valence-electron chi connectivity index (χ3n) is 11.1. The average molecular weight is 789 g/mol. The first-order valence-corrected chi connectivity index (χ1v) is 18.6. The second-order valence-corrected chi connectivity index (χ2v) is 15.0. The summed E-state index contributed by atoms with van der Waals surface area (Å²) in [5, 5.41) is 14.5. The number of ether oxygens (including phenoxy) is 1. The van der Waals surface area contributed by atoms with Gasteiger partial charge in [0.2, 0.25) is 11.8 Å². The van der Waals surface area contributed by atoms with Crippen molar-refractivity contribution >= 4 is 51.6 Å². The Bertz CT molecular complexity index is 2440. The van der Waals surface area contributed by atoms with E-state index in [0.717, 1.165) is 0 Å². The number of anilines is 2. The van der Waals surface area contributed by atoms with Crippen LogP contribution in [0.3, 0.4) is 0 Å². The van der Waals surface area contributed by atoms with Crippen LogP contribution >= 0.6 is 0 Å². The molecule has 2 N–H and O–H groups in total. The summed E-state index contributed by atoms with van der Waals surface area (Å²) in [6.07, 6.45) is 5.19. The molecule has 1 atom stereocenters. The number of imide groups is 1. The molecule has 3 fully saturated rings. The molecule has 0 aliphatic carbocycles. The molecule has 1 unspecified atom stereocenters. The van der Waals surface area contributed by atoms with E-state index in [4.69, 9.17) is 9.84 Å². The molecule has 19 heteroatoms. The normalized spacial score (nSPS) is 20.0. The molecule has 5 aromatic rings. The van der Waals surface area contributed by atoms with Gasteiger partial charge in [0.1, 0.15) is 24.0 Å². The molecule has 0 saturated carbocycles. The number of halogens is 4. The van der Waals surface area contributed by atoms with E-state index in [2.05, 4.69) is 20.7 Å². The SMILES string of the molecule is O=C1CCC(N2Cc3c(ccc(N4CC(F)(CN5CCC(n6cc7cc(NC(=O)c8cnn9cccnc89)c(OCC(F)F)cc7n6)CC5)C4)c3F)C2=O)C(=O)N1. The summed E-state index contributed by atoms with van der Waals surface area (Å²) < 4.78 is 66.8. The molecule has 0 spiro atoms. The molecule has 3 aromatic heterocycles. The van der Waals surface area contributed by atoms with Gasteiger partial charge in [0.15, 0.2) is 17.1 Å². The van der Waals surface area contributed by atoms with Crippen molar-refractivity contribution in [2.75, 3.05) is 49.5 Å². The van der Waals surface area contributed by atoms with Crippen LogP contribution in [0.25, 0.3) is 16.6 Å². The molecule has 7 heterocycles. The molecule has 15 nitrogen and oxygen atoms in total. The Hall–Kier alpha value is -6.11. The van der Waals surface area contributed by atoms with Gasteiger partial charge in [-0.25, -0.2) is 27.1 Å². The van der Waals surface area contributed by atoms with E-state index < -0.39 is 54.2 Å². The number of likely N-dealkylation sites (tertiary alicyclic amines) is 1. The topological polar surface area (TPSA) is 159 Å². The van der Waals surface area contributed by atoms with Crippen molar-refractivity contribution in [3.8, 4) is 5.75 Å². The number of amides is 4. The van der Waals surface area contributed by atoms with Crippen LogP contribution in [0.5, 0.6) is 5.75 Å². The van der Waals surface area contributed by atoms with Gasteiger partial charge in [0.05, 0.1) is 48.8 Å². The first kappa shape index (κ1) is 36.5. The Kier molecular flexibility index (Phi) is 9.05. The zero-order valence-corrected chi connectivity index (χ0v) is 30.3. The third kappa shape index (κ3) is 6.78. The Balaban J connectivity index is 0.827. The fraction of sp³-hybridized carbons (Fsp3) is 0.395. The van der Waals surface area contributed by atoms with Crippen molar-refractivity contribution in [1.29, 1.82) is 0 Å². The molecule has 2 aromatic carbocycles. The highest BCUT2D eigenvalue weighted by atomic mass is 19.3. The van der Waals surface area contributed by atoms with Gasteiger partial charge in [-0.05, 0) is 43.5 Å². The maximum Gasteiger partial charge on any atom is 0.272 e. The smallest absolute Gasteiger partial charge is 0.272 e. The van der Waals surface area contributed by atoms with Gasteiger partial charge in [0.25, 0.3) is 18.2 Å². The highest BCUT2D eigenvalue weighted by Crippen LogP contribution is 2.39. The molecule has 0 bridgehead atoms. The lowest BCUT2D eigenvalue weighted by atomic mass is 9.92. The first-order chi connectivity index (χ1) is 27.4. The van der Waals surface area contributed by atoms with Gasteiger partial charge < -0.3 is 19.9 Å². The number of fused-ring (bicyclic) bond motifs is 3. The minimum atomic E-state index is -2.74. The molecule has 0 radical (unpaired) electrons. The fourth-order valence-electron chi connectivity index (χ4n) is 8.29. The quantitative estimate of drug-likeness (QED) is 0.158. The van der Waals surface area contributed by atoms with Crippen molar-refractivity contribution in [2.24, 2.45) is 0 Å². The fourth-order valence-corrected chi connectivity index (χ4v) is 8.29. The Morgan fingerprint density at radius 1 is 1.11 bits per heavy atom. The number of alkyl halides is 3. The van der Waals surface area contributed by atoms with Crippen LogP contribution in [-0.2, 0) is 16.1 Å². The number of piperidine rings is 2. The molecule has 3 saturated heterocycles. The zero-order chi connectivity index (χ0) is 39.6. The second kappa shape index (κ2) is 14.1. The number of nitrogens with zero attached hydrogens (tertiary/aromatic N) is 8. The maximum atomic E-state index is 16.0. The first-order valence-electron chi connectivity index (χ1n) is 18.6. The second-order valence-electron chi connectivity index (χ2n) is 15.0. The number of hydrogen-bond donors (Lipinski definition) is 2. The van der Waals surface area contributed by atoms with Gasteiger partial charge >= 0.3 is 0 Å². The number of aromatic nitrogens is 5. The molecule has 4 aliphatic heterocycles. The standard InChI is InChI=1S/C38H36F4N10O5/c39-31(40)17-57-30-13-26-21(12-27(30)45-35(54)24-14-44-51-9-1-8-43-34(24)51)15-52(47-26)22-6-10-48(11-7-22)18-38(42)19-49(20-38)28-3-2-23-25(33(28)41)16-50(37(23)56)29-4-5-32(53)46-36(29)55/h1-3,8-9,12-15,22,29,31H,4-7,10-11,16-20H2,(H,45,54)(H,46,53,55). The molecular weight excluding hydrogens is 752 g/mol. The molecule has 296 valence electrons. The van der Waals surface area contributed by atoms with Crippen LogP contribution in [0, 0.1) is 5.82 Å². The van der Waals surface area contributed by atoms with Crippen LogP contribution in [-0.4, -0.2) is 115 Å². The number of carbonyl (C=O) groups excluding carboxylic acids is 4. The van der Waals surface area contributed by atoms with Crippen molar-refractivity contribution in [2.45, 2.75) is 56.4 Å². The zero-order valence-electron chi connectivity index (χ0n) is 30.3. The summed E-state index contributed by atoms with van der Waals surface area (Å²) >= 11 is 0. The number of hydrogen-bond acceptors (Lipinski definition) is 10. The largest absolute Gasteiger partial charge is 0.485 e. The summed E-state index contributed by atoms with van der Waals surface area (Å²) in [7, 11) is 0. The lowest BCUT2D eigenvalue weighted by molar-refractivity contribution is -0.136. The van der Waals surface area contributed by atoms with E-state index in [-0.39, 0.29) is 78.9 Å². The molecular formula is C38H36F4N10O5. The summed E-state index contributed by atoms with van der Waals surface area (Å²) in [5.41, 5.74) is 0.119. The number of nitrogens with one attached hydrogen (secondary N) is 2. The van der Waals surface area contributed by atoms with Crippen LogP contribution in [0.1, 0.15) is 58.0 Å². The van der Waals surface area contributed by atoms with E-state index in [1.54, 1.807) is 27.9 Å². The predicted molar refractivity (Wildman–Crippen MR) is 195 cm³/mol. The lowest BCUT2D eigenvalue weighted by Crippen LogP contribution is -2.64. The van der Waals surface area contributed by atoms with Gasteiger partial charge in [-0.1, -0.05) is 0 Å². The van der Waals surface area contributed by atoms with Crippen LogP contribution < -0.4 is 20.3 Å². The average Bonchev–Trinajstić information content (AvgIpc) is 3.89. The summed E-state index contributed by atoms with van der Waals surface area (Å²) in [6.45, 7) is 0.270. The van der Waals surface area contributed by atoms with Crippen molar-refractivity contribution < 1.29 is 41.5 Å². The summed E-state index contributed by atoms with van der Waals surface area (Å²) in [4.78, 5) is 59.4.